The number of fused-ring (bicyclic) bond motifs is 1. The SMILES string of the molecule is O=C(O)c1cccc2nc(NC3(C(F)(F)F)CC3)ccc12. The summed E-state index contributed by atoms with van der Waals surface area (Å²) in [5, 5.41) is 11.9. The minimum absolute atomic E-state index is 0.0192. The molecular weight excluding hydrogens is 285 g/mol. The maximum absolute atomic E-state index is 12.9. The first kappa shape index (κ1) is 13.7. The summed E-state index contributed by atoms with van der Waals surface area (Å²) < 4.78 is 38.7. The van der Waals surface area contributed by atoms with Crippen molar-refractivity contribution in [3.05, 3.63) is 35.9 Å². The van der Waals surface area contributed by atoms with E-state index in [0.717, 1.165) is 0 Å². The number of anilines is 1. The highest BCUT2D eigenvalue weighted by Gasteiger charge is 2.63. The fourth-order valence-electron chi connectivity index (χ4n) is 2.26. The van der Waals surface area contributed by atoms with Crippen molar-refractivity contribution in [2.24, 2.45) is 0 Å². The molecule has 0 aliphatic heterocycles. The maximum Gasteiger partial charge on any atom is 0.411 e. The number of benzene rings is 1. The number of nitrogens with zero attached hydrogens (tertiary/aromatic N) is 1. The summed E-state index contributed by atoms with van der Waals surface area (Å²) in [6.07, 6.45) is -4.29. The van der Waals surface area contributed by atoms with E-state index >= 15 is 0 Å². The van der Waals surface area contributed by atoms with Gasteiger partial charge in [0.15, 0.2) is 0 Å². The van der Waals surface area contributed by atoms with E-state index in [1.807, 2.05) is 0 Å². The highest BCUT2D eigenvalue weighted by molar-refractivity contribution is 6.02. The number of pyridine rings is 1. The zero-order chi connectivity index (χ0) is 15.3. The molecule has 0 saturated heterocycles. The van der Waals surface area contributed by atoms with Gasteiger partial charge in [-0.3, -0.25) is 0 Å². The van der Waals surface area contributed by atoms with Gasteiger partial charge < -0.3 is 10.4 Å². The first-order chi connectivity index (χ1) is 9.82. The first-order valence-electron chi connectivity index (χ1n) is 6.30. The minimum Gasteiger partial charge on any atom is -0.478 e. The van der Waals surface area contributed by atoms with Crippen LogP contribution in [0.4, 0.5) is 19.0 Å². The Kier molecular flexibility index (Phi) is 2.82. The summed E-state index contributed by atoms with van der Waals surface area (Å²) in [5.74, 6) is -1.00. The van der Waals surface area contributed by atoms with Gasteiger partial charge in [0, 0.05) is 5.39 Å². The van der Waals surface area contributed by atoms with Crippen LogP contribution in [0.2, 0.25) is 0 Å². The number of hydrogen-bond acceptors (Lipinski definition) is 3. The summed E-state index contributed by atoms with van der Waals surface area (Å²) in [5.41, 5.74) is -1.47. The van der Waals surface area contributed by atoms with E-state index in [-0.39, 0.29) is 24.2 Å². The predicted octanol–water partition coefficient (Wildman–Crippen LogP) is 3.44. The summed E-state index contributed by atoms with van der Waals surface area (Å²) >= 11 is 0. The van der Waals surface area contributed by atoms with Gasteiger partial charge in [-0.05, 0) is 37.1 Å². The van der Waals surface area contributed by atoms with Crippen molar-refractivity contribution in [1.29, 1.82) is 0 Å². The van der Waals surface area contributed by atoms with E-state index in [2.05, 4.69) is 10.3 Å². The molecule has 1 aromatic heterocycles. The lowest BCUT2D eigenvalue weighted by molar-refractivity contribution is -0.151. The Hall–Kier alpha value is -2.31. The van der Waals surface area contributed by atoms with Crippen LogP contribution in [-0.4, -0.2) is 27.8 Å². The highest BCUT2D eigenvalue weighted by Crippen LogP contribution is 2.51. The molecule has 4 nitrogen and oxygen atoms in total. The van der Waals surface area contributed by atoms with E-state index < -0.39 is 17.7 Å². The highest BCUT2D eigenvalue weighted by atomic mass is 19.4. The third-order valence-corrected chi connectivity index (χ3v) is 3.62. The van der Waals surface area contributed by atoms with Crippen molar-refractivity contribution in [2.75, 3.05) is 5.32 Å². The number of nitrogens with one attached hydrogen (secondary N) is 1. The second kappa shape index (κ2) is 4.34. The molecule has 0 spiro atoms. The molecule has 1 aliphatic rings. The Labute approximate surface area is 117 Å². The third kappa shape index (κ3) is 2.28. The summed E-state index contributed by atoms with van der Waals surface area (Å²) in [7, 11) is 0. The molecule has 1 aromatic carbocycles. The van der Waals surface area contributed by atoms with Crippen LogP contribution in [0, 0.1) is 0 Å². The second-order valence-corrected chi connectivity index (χ2v) is 5.08. The number of rotatable bonds is 3. The molecule has 1 fully saturated rings. The Morgan fingerprint density at radius 2 is 1.95 bits per heavy atom. The molecule has 3 rings (SSSR count). The molecule has 0 unspecified atom stereocenters. The lowest BCUT2D eigenvalue weighted by Gasteiger charge is -2.21. The summed E-state index contributed by atoms with van der Waals surface area (Å²) in [4.78, 5) is 15.2. The van der Waals surface area contributed by atoms with Gasteiger partial charge in [0.1, 0.15) is 11.4 Å². The van der Waals surface area contributed by atoms with Gasteiger partial charge in [0.05, 0.1) is 11.1 Å². The van der Waals surface area contributed by atoms with Gasteiger partial charge in [0.25, 0.3) is 0 Å². The Morgan fingerprint density at radius 1 is 1.24 bits per heavy atom. The Morgan fingerprint density at radius 3 is 2.52 bits per heavy atom. The molecule has 1 heterocycles. The quantitative estimate of drug-likeness (QED) is 0.910. The Balaban J connectivity index is 1.98. The van der Waals surface area contributed by atoms with Crippen LogP contribution in [-0.2, 0) is 0 Å². The van der Waals surface area contributed by atoms with E-state index in [1.165, 1.54) is 24.3 Å². The van der Waals surface area contributed by atoms with E-state index in [1.54, 1.807) is 6.07 Å². The van der Waals surface area contributed by atoms with Crippen LogP contribution in [0.25, 0.3) is 10.9 Å². The number of hydrogen-bond donors (Lipinski definition) is 2. The molecule has 0 bridgehead atoms. The van der Waals surface area contributed by atoms with Gasteiger partial charge >= 0.3 is 12.1 Å². The van der Waals surface area contributed by atoms with E-state index in [0.29, 0.717) is 10.9 Å². The van der Waals surface area contributed by atoms with Crippen molar-refractivity contribution < 1.29 is 23.1 Å². The molecule has 7 heteroatoms. The van der Waals surface area contributed by atoms with Crippen molar-refractivity contribution in [2.45, 2.75) is 24.6 Å². The molecular formula is C14H11F3N2O2. The van der Waals surface area contributed by atoms with Gasteiger partial charge in [0.2, 0.25) is 0 Å². The normalized spacial score (nSPS) is 16.7. The van der Waals surface area contributed by atoms with Gasteiger partial charge in [-0.15, -0.1) is 0 Å². The molecule has 0 amide bonds. The monoisotopic (exact) mass is 296 g/mol. The van der Waals surface area contributed by atoms with Crippen LogP contribution < -0.4 is 5.32 Å². The van der Waals surface area contributed by atoms with Crippen LogP contribution >= 0.6 is 0 Å². The van der Waals surface area contributed by atoms with Crippen LogP contribution in [0.1, 0.15) is 23.2 Å². The molecule has 0 radical (unpaired) electrons. The summed E-state index contributed by atoms with van der Waals surface area (Å²) in [6, 6.07) is 7.36. The standard InChI is InChI=1S/C14H11F3N2O2/c15-14(16,17)13(6-7-13)19-11-5-4-8-9(12(20)21)2-1-3-10(8)18-11/h1-5H,6-7H2,(H,18,19)(H,20,21). The third-order valence-electron chi connectivity index (χ3n) is 3.62. The van der Waals surface area contributed by atoms with Crippen molar-refractivity contribution >= 4 is 22.7 Å². The average molecular weight is 296 g/mol. The number of halogens is 3. The van der Waals surface area contributed by atoms with Crippen LogP contribution in [0.3, 0.4) is 0 Å². The molecule has 2 aromatic rings. The fourth-order valence-corrected chi connectivity index (χ4v) is 2.26. The van der Waals surface area contributed by atoms with Gasteiger partial charge in [-0.1, -0.05) is 6.07 Å². The molecule has 1 aliphatic carbocycles. The summed E-state index contributed by atoms with van der Waals surface area (Å²) in [6.45, 7) is 0. The number of aromatic carboxylic acids is 1. The molecule has 21 heavy (non-hydrogen) atoms. The van der Waals surface area contributed by atoms with Gasteiger partial charge in [-0.2, -0.15) is 13.2 Å². The lowest BCUT2D eigenvalue weighted by Crippen LogP contribution is -2.38. The maximum atomic E-state index is 12.9. The smallest absolute Gasteiger partial charge is 0.411 e. The first-order valence-corrected chi connectivity index (χ1v) is 6.30. The minimum atomic E-state index is -4.33. The number of alkyl halides is 3. The number of aromatic nitrogens is 1. The second-order valence-electron chi connectivity index (χ2n) is 5.08. The molecule has 0 atom stereocenters. The van der Waals surface area contributed by atoms with Crippen LogP contribution in [0.15, 0.2) is 30.3 Å². The molecule has 1 saturated carbocycles. The van der Waals surface area contributed by atoms with Crippen molar-refractivity contribution in [1.82, 2.24) is 4.98 Å². The van der Waals surface area contributed by atoms with E-state index in [9.17, 15) is 18.0 Å². The van der Waals surface area contributed by atoms with Gasteiger partial charge in [-0.25, -0.2) is 9.78 Å². The largest absolute Gasteiger partial charge is 0.478 e. The fraction of sp³-hybridized carbons (Fsp3) is 0.286. The lowest BCUT2D eigenvalue weighted by atomic mass is 10.1. The predicted molar refractivity (Wildman–Crippen MR) is 70.3 cm³/mol. The van der Waals surface area contributed by atoms with Crippen LogP contribution in [0.5, 0.6) is 0 Å². The number of carboxylic acids is 1. The zero-order valence-corrected chi connectivity index (χ0v) is 10.7. The topological polar surface area (TPSA) is 62.2 Å². The van der Waals surface area contributed by atoms with E-state index in [4.69, 9.17) is 5.11 Å². The molecule has 110 valence electrons. The zero-order valence-electron chi connectivity index (χ0n) is 10.7. The van der Waals surface area contributed by atoms with Crippen molar-refractivity contribution in [3.8, 4) is 0 Å². The number of carbonyl (C=O) groups is 1. The van der Waals surface area contributed by atoms with Crippen molar-refractivity contribution in [3.63, 3.8) is 0 Å². The number of carboxylic acid groups (broad SMARTS) is 1. The Bertz CT molecular complexity index is 724. The average Bonchev–Trinajstić information content (AvgIpc) is 3.18. The molecule has 2 N–H and O–H groups in total.